The van der Waals surface area contributed by atoms with Crippen LogP contribution in [0.4, 0.5) is 0 Å². The smallest absolute Gasteiger partial charge is 0.335 e. The van der Waals surface area contributed by atoms with E-state index < -0.39 is 5.97 Å². The quantitative estimate of drug-likeness (QED) is 0.657. The lowest BCUT2D eigenvalue weighted by atomic mass is 9.98. The van der Waals surface area contributed by atoms with Crippen molar-refractivity contribution in [3.8, 4) is 0 Å². The second-order valence-electron chi connectivity index (χ2n) is 6.10. The van der Waals surface area contributed by atoms with E-state index in [0.29, 0.717) is 5.56 Å². The molecule has 0 aliphatic carbocycles. The molecule has 1 unspecified atom stereocenters. The summed E-state index contributed by atoms with van der Waals surface area (Å²) in [5.41, 5.74) is 5.19. The van der Waals surface area contributed by atoms with E-state index >= 15 is 0 Å². The van der Waals surface area contributed by atoms with Gasteiger partial charge in [0.1, 0.15) is 0 Å². The van der Waals surface area contributed by atoms with Crippen LogP contribution in [-0.4, -0.2) is 16.1 Å². The van der Waals surface area contributed by atoms with Crippen LogP contribution in [-0.2, 0) is 11.5 Å². The Balaban J connectivity index is 1.76. The zero-order valence-corrected chi connectivity index (χ0v) is 15.6. The number of benzene rings is 2. The van der Waals surface area contributed by atoms with Crippen LogP contribution >= 0.6 is 23.5 Å². The summed E-state index contributed by atoms with van der Waals surface area (Å²) < 4.78 is 0. The summed E-state index contributed by atoms with van der Waals surface area (Å²) in [6.07, 6.45) is 3.67. The van der Waals surface area contributed by atoms with Gasteiger partial charge in [0.2, 0.25) is 0 Å². The maximum absolute atomic E-state index is 11.5. The van der Waals surface area contributed by atoms with Crippen molar-refractivity contribution in [1.29, 1.82) is 0 Å². The van der Waals surface area contributed by atoms with E-state index in [0.717, 1.165) is 22.0 Å². The molecule has 1 atom stereocenters. The first-order chi connectivity index (χ1) is 12.7. The van der Waals surface area contributed by atoms with Gasteiger partial charge in [0.05, 0.1) is 10.8 Å². The van der Waals surface area contributed by atoms with E-state index in [2.05, 4.69) is 35.3 Å². The Bertz CT molecular complexity index is 944. The Labute approximate surface area is 160 Å². The van der Waals surface area contributed by atoms with Crippen molar-refractivity contribution < 1.29 is 9.90 Å². The SMILES string of the molecule is O=C(O)c1ccc2c(c1)C(SCc1cccnc1)c1ccccc1CS2. The number of thioether (sulfide) groups is 2. The molecule has 1 aromatic heterocycles. The Kier molecular flexibility index (Phi) is 5.00. The first-order valence-electron chi connectivity index (χ1n) is 8.31. The van der Waals surface area contributed by atoms with Crippen molar-refractivity contribution in [1.82, 2.24) is 4.98 Å². The molecule has 0 spiro atoms. The number of pyridine rings is 1. The highest BCUT2D eigenvalue weighted by atomic mass is 32.2. The summed E-state index contributed by atoms with van der Waals surface area (Å²) in [5, 5.41) is 9.53. The van der Waals surface area contributed by atoms with Crippen molar-refractivity contribution in [2.24, 2.45) is 0 Å². The molecule has 0 saturated carbocycles. The van der Waals surface area contributed by atoms with E-state index in [1.54, 1.807) is 24.0 Å². The van der Waals surface area contributed by atoms with Crippen molar-refractivity contribution in [2.75, 3.05) is 0 Å². The maximum atomic E-state index is 11.5. The van der Waals surface area contributed by atoms with Crippen LogP contribution in [0.15, 0.2) is 71.9 Å². The average molecular weight is 380 g/mol. The van der Waals surface area contributed by atoms with E-state index in [1.807, 2.05) is 36.2 Å². The maximum Gasteiger partial charge on any atom is 0.335 e. The van der Waals surface area contributed by atoms with Gasteiger partial charge in [-0.05, 0) is 46.5 Å². The molecule has 1 N–H and O–H groups in total. The molecule has 1 aliphatic heterocycles. The first-order valence-corrected chi connectivity index (χ1v) is 10.3. The number of rotatable bonds is 4. The lowest BCUT2D eigenvalue weighted by Gasteiger charge is -2.20. The van der Waals surface area contributed by atoms with Crippen LogP contribution in [0, 0.1) is 0 Å². The predicted octanol–water partition coefficient (Wildman–Crippen LogP) is 5.41. The van der Waals surface area contributed by atoms with Gasteiger partial charge < -0.3 is 5.11 Å². The number of carboxylic acids is 1. The fraction of sp³-hybridized carbons (Fsp3) is 0.143. The highest BCUT2D eigenvalue weighted by molar-refractivity contribution is 7.99. The minimum Gasteiger partial charge on any atom is -0.478 e. The Morgan fingerprint density at radius 3 is 2.85 bits per heavy atom. The molecule has 3 aromatic rings. The van der Waals surface area contributed by atoms with Gasteiger partial charge in [0.15, 0.2) is 0 Å². The van der Waals surface area contributed by atoms with Crippen LogP contribution < -0.4 is 0 Å². The molecule has 0 bridgehead atoms. The van der Waals surface area contributed by atoms with Gasteiger partial charge in [-0.25, -0.2) is 4.79 Å². The van der Waals surface area contributed by atoms with Gasteiger partial charge in [-0.3, -0.25) is 4.98 Å². The number of nitrogens with zero attached hydrogens (tertiary/aromatic N) is 1. The fourth-order valence-corrected chi connectivity index (χ4v) is 5.58. The van der Waals surface area contributed by atoms with Crippen molar-refractivity contribution in [2.45, 2.75) is 21.7 Å². The van der Waals surface area contributed by atoms with Gasteiger partial charge in [0.25, 0.3) is 0 Å². The third-order valence-electron chi connectivity index (χ3n) is 4.40. The van der Waals surface area contributed by atoms with Crippen molar-refractivity contribution in [3.05, 3.63) is 94.8 Å². The zero-order chi connectivity index (χ0) is 17.9. The second-order valence-corrected chi connectivity index (χ2v) is 8.21. The van der Waals surface area contributed by atoms with Gasteiger partial charge in [-0.1, -0.05) is 30.3 Å². The summed E-state index contributed by atoms with van der Waals surface area (Å²) in [7, 11) is 0. The lowest BCUT2D eigenvalue weighted by Crippen LogP contribution is -2.03. The molecule has 0 fully saturated rings. The minimum atomic E-state index is -0.883. The van der Waals surface area contributed by atoms with Crippen LogP contribution in [0.2, 0.25) is 0 Å². The van der Waals surface area contributed by atoms with E-state index in [4.69, 9.17) is 0 Å². The Hall–Kier alpha value is -2.24. The highest BCUT2D eigenvalue weighted by Gasteiger charge is 2.25. The molecule has 3 nitrogen and oxygen atoms in total. The molecule has 0 radical (unpaired) electrons. The van der Waals surface area contributed by atoms with Gasteiger partial charge in [-0.15, -0.1) is 23.5 Å². The van der Waals surface area contributed by atoms with Gasteiger partial charge >= 0.3 is 5.97 Å². The topological polar surface area (TPSA) is 50.2 Å². The average Bonchev–Trinajstić information content (AvgIpc) is 2.83. The standard InChI is InChI=1S/C21H17NO2S2/c23-21(24)15-7-8-19-18(10-15)20(26-12-14-4-3-9-22-11-14)17-6-2-1-5-16(17)13-25-19/h1-11,20H,12-13H2,(H,23,24). The van der Waals surface area contributed by atoms with Crippen molar-refractivity contribution >= 4 is 29.5 Å². The molecule has 1 aliphatic rings. The highest BCUT2D eigenvalue weighted by Crippen LogP contribution is 2.47. The summed E-state index contributed by atoms with van der Waals surface area (Å²) in [6, 6.07) is 18.0. The molecular formula is C21H17NO2S2. The lowest BCUT2D eigenvalue weighted by molar-refractivity contribution is 0.0696. The molecular weight excluding hydrogens is 362 g/mol. The number of hydrogen-bond acceptors (Lipinski definition) is 4. The van der Waals surface area contributed by atoms with Crippen molar-refractivity contribution in [3.63, 3.8) is 0 Å². The van der Waals surface area contributed by atoms with Crippen LogP contribution in [0.1, 0.15) is 37.9 Å². The summed E-state index contributed by atoms with van der Waals surface area (Å²) in [5.74, 6) is 0.847. The number of hydrogen-bond donors (Lipinski definition) is 1. The summed E-state index contributed by atoms with van der Waals surface area (Å²) >= 11 is 3.60. The minimum absolute atomic E-state index is 0.107. The van der Waals surface area contributed by atoms with Gasteiger partial charge in [-0.2, -0.15) is 0 Å². The first kappa shape index (κ1) is 17.2. The monoisotopic (exact) mass is 379 g/mol. The number of carbonyl (C=O) groups is 1. The molecule has 2 heterocycles. The second kappa shape index (κ2) is 7.56. The predicted molar refractivity (Wildman–Crippen MR) is 107 cm³/mol. The largest absolute Gasteiger partial charge is 0.478 e. The van der Waals surface area contributed by atoms with Crippen LogP contribution in [0.25, 0.3) is 0 Å². The zero-order valence-electron chi connectivity index (χ0n) is 14.0. The van der Waals surface area contributed by atoms with Crippen LogP contribution in [0.5, 0.6) is 0 Å². The molecule has 0 saturated heterocycles. The van der Waals surface area contributed by atoms with E-state index in [1.165, 1.54) is 16.7 Å². The normalized spacial score (nSPS) is 15.6. The third-order valence-corrected chi connectivity index (χ3v) is 6.88. The van der Waals surface area contributed by atoms with Crippen LogP contribution in [0.3, 0.4) is 0 Å². The number of carboxylic acid groups (broad SMARTS) is 1. The van der Waals surface area contributed by atoms with Gasteiger partial charge in [0, 0.05) is 28.8 Å². The molecule has 2 aromatic carbocycles. The molecule has 4 rings (SSSR count). The molecule has 5 heteroatoms. The number of aromatic nitrogens is 1. The Morgan fingerprint density at radius 2 is 2.04 bits per heavy atom. The molecule has 26 heavy (non-hydrogen) atoms. The summed E-state index contributed by atoms with van der Waals surface area (Å²) in [4.78, 5) is 16.8. The molecule has 0 amide bonds. The molecule has 130 valence electrons. The number of fused-ring (bicyclic) bond motifs is 2. The summed E-state index contributed by atoms with van der Waals surface area (Å²) in [6.45, 7) is 0. The van der Waals surface area contributed by atoms with E-state index in [9.17, 15) is 9.90 Å². The Morgan fingerprint density at radius 1 is 1.15 bits per heavy atom. The van der Waals surface area contributed by atoms with E-state index in [-0.39, 0.29) is 5.25 Å². The fourth-order valence-electron chi connectivity index (χ4n) is 3.10. The third kappa shape index (κ3) is 3.50. The number of aromatic carboxylic acids is 1.